The van der Waals surface area contributed by atoms with E-state index in [1.165, 1.54) is 11.3 Å². The fourth-order valence-corrected chi connectivity index (χ4v) is 3.65. The summed E-state index contributed by atoms with van der Waals surface area (Å²) in [5, 5.41) is 10.1. The molecule has 0 fully saturated rings. The fourth-order valence-electron chi connectivity index (χ4n) is 2.67. The predicted octanol–water partition coefficient (Wildman–Crippen LogP) is 5.11. The van der Waals surface area contributed by atoms with Crippen LogP contribution in [0.15, 0.2) is 42.5 Å². The van der Waals surface area contributed by atoms with E-state index >= 15 is 0 Å². The number of thiazole rings is 1. The highest BCUT2D eigenvalue weighted by Crippen LogP contribution is 2.33. The number of carboxylic acids is 1. The van der Waals surface area contributed by atoms with E-state index in [0.717, 1.165) is 22.2 Å². The van der Waals surface area contributed by atoms with E-state index in [1.54, 1.807) is 7.11 Å². The van der Waals surface area contributed by atoms with Gasteiger partial charge >= 0.3 is 5.97 Å². The lowest BCUT2D eigenvalue weighted by molar-refractivity contribution is -0.135. The summed E-state index contributed by atoms with van der Waals surface area (Å²) in [6.45, 7) is 2.62. The molecule has 0 saturated heterocycles. The SMILES string of the molecule is CCCOc1cc(/C=C(\CC(=O)O)c2nc3ccccc3s2)ccc1OC. The van der Waals surface area contributed by atoms with Gasteiger partial charge in [0.15, 0.2) is 11.5 Å². The summed E-state index contributed by atoms with van der Waals surface area (Å²) in [4.78, 5) is 16.0. The Morgan fingerprint density at radius 2 is 2.04 bits per heavy atom. The maximum atomic E-state index is 11.4. The molecule has 1 heterocycles. The number of methoxy groups -OCH3 is 1. The molecule has 0 bridgehead atoms. The number of aliphatic carboxylic acids is 1. The van der Waals surface area contributed by atoms with Crippen molar-refractivity contribution in [1.82, 2.24) is 4.98 Å². The molecular formula is C21H21NO4S. The molecule has 27 heavy (non-hydrogen) atoms. The van der Waals surface area contributed by atoms with Gasteiger partial charge in [0.25, 0.3) is 0 Å². The maximum Gasteiger partial charge on any atom is 0.307 e. The first-order valence-electron chi connectivity index (χ1n) is 8.70. The maximum absolute atomic E-state index is 11.4. The molecule has 0 atom stereocenters. The smallest absolute Gasteiger partial charge is 0.307 e. The van der Waals surface area contributed by atoms with Crippen molar-refractivity contribution in [3.8, 4) is 11.5 Å². The van der Waals surface area contributed by atoms with Gasteiger partial charge in [-0.2, -0.15) is 0 Å². The second kappa shape index (κ2) is 8.68. The number of hydrogen-bond donors (Lipinski definition) is 1. The van der Waals surface area contributed by atoms with Crippen molar-refractivity contribution in [1.29, 1.82) is 0 Å². The zero-order valence-corrected chi connectivity index (χ0v) is 16.1. The third-order valence-corrected chi connectivity index (χ3v) is 5.01. The quantitative estimate of drug-likeness (QED) is 0.585. The molecule has 0 saturated carbocycles. The molecule has 5 nitrogen and oxygen atoms in total. The number of hydrogen-bond acceptors (Lipinski definition) is 5. The molecule has 0 unspecified atom stereocenters. The molecule has 6 heteroatoms. The van der Waals surface area contributed by atoms with E-state index in [1.807, 2.05) is 55.5 Å². The minimum absolute atomic E-state index is 0.100. The molecule has 1 N–H and O–H groups in total. The van der Waals surface area contributed by atoms with E-state index in [4.69, 9.17) is 9.47 Å². The summed E-state index contributed by atoms with van der Waals surface area (Å²) in [6.07, 6.45) is 2.64. The Bertz CT molecular complexity index is 944. The van der Waals surface area contributed by atoms with Crippen LogP contribution >= 0.6 is 11.3 Å². The van der Waals surface area contributed by atoms with Crippen molar-refractivity contribution in [3.63, 3.8) is 0 Å². The molecule has 140 valence electrons. The number of carbonyl (C=O) groups is 1. The van der Waals surface area contributed by atoms with Crippen LogP contribution in [0.5, 0.6) is 11.5 Å². The Hall–Kier alpha value is -2.86. The number of benzene rings is 2. The van der Waals surface area contributed by atoms with Crippen LogP contribution in [0.2, 0.25) is 0 Å². The minimum atomic E-state index is -0.892. The highest BCUT2D eigenvalue weighted by molar-refractivity contribution is 7.19. The number of fused-ring (bicyclic) bond motifs is 1. The van der Waals surface area contributed by atoms with Gasteiger partial charge in [-0.15, -0.1) is 11.3 Å². The van der Waals surface area contributed by atoms with Gasteiger partial charge in [0.05, 0.1) is 30.4 Å². The molecule has 1 aromatic heterocycles. The summed E-state index contributed by atoms with van der Waals surface area (Å²) in [6, 6.07) is 13.4. The Morgan fingerprint density at radius 3 is 2.74 bits per heavy atom. The zero-order valence-electron chi connectivity index (χ0n) is 15.3. The zero-order chi connectivity index (χ0) is 19.2. The number of rotatable bonds is 8. The lowest BCUT2D eigenvalue weighted by Gasteiger charge is -2.11. The van der Waals surface area contributed by atoms with Crippen LogP contribution in [0.1, 0.15) is 30.3 Å². The molecule has 0 radical (unpaired) electrons. The average molecular weight is 383 g/mol. The van der Waals surface area contributed by atoms with Crippen molar-refractivity contribution in [3.05, 3.63) is 53.0 Å². The van der Waals surface area contributed by atoms with Gasteiger partial charge < -0.3 is 14.6 Å². The van der Waals surface area contributed by atoms with Crippen molar-refractivity contribution in [2.75, 3.05) is 13.7 Å². The minimum Gasteiger partial charge on any atom is -0.493 e. The summed E-state index contributed by atoms with van der Waals surface area (Å²) in [7, 11) is 1.60. The number of ether oxygens (including phenoxy) is 2. The van der Waals surface area contributed by atoms with E-state index in [0.29, 0.717) is 28.7 Å². The summed E-state index contributed by atoms with van der Waals surface area (Å²) >= 11 is 1.49. The van der Waals surface area contributed by atoms with Crippen LogP contribution in [0, 0.1) is 0 Å². The Labute approximate surface area is 161 Å². The van der Waals surface area contributed by atoms with Crippen molar-refractivity contribution >= 4 is 39.2 Å². The van der Waals surface area contributed by atoms with Crippen LogP contribution in [-0.2, 0) is 4.79 Å². The third-order valence-electron chi connectivity index (χ3n) is 3.90. The van der Waals surface area contributed by atoms with Gasteiger partial charge in [-0.3, -0.25) is 4.79 Å². The second-order valence-electron chi connectivity index (χ2n) is 5.99. The Balaban J connectivity index is 2.01. The number of carboxylic acid groups (broad SMARTS) is 1. The highest BCUT2D eigenvalue weighted by Gasteiger charge is 2.13. The van der Waals surface area contributed by atoms with Gasteiger partial charge in [-0.1, -0.05) is 25.1 Å². The molecule has 0 amide bonds. The van der Waals surface area contributed by atoms with E-state index < -0.39 is 5.97 Å². The van der Waals surface area contributed by atoms with Gasteiger partial charge in [0.1, 0.15) is 5.01 Å². The Morgan fingerprint density at radius 1 is 1.22 bits per heavy atom. The number of nitrogens with zero attached hydrogens (tertiary/aromatic N) is 1. The normalized spacial score (nSPS) is 11.6. The van der Waals surface area contributed by atoms with E-state index in [-0.39, 0.29) is 6.42 Å². The fraction of sp³-hybridized carbons (Fsp3) is 0.238. The first-order chi connectivity index (χ1) is 13.1. The van der Waals surface area contributed by atoms with Crippen molar-refractivity contribution in [2.45, 2.75) is 19.8 Å². The van der Waals surface area contributed by atoms with Crippen LogP contribution < -0.4 is 9.47 Å². The van der Waals surface area contributed by atoms with Gasteiger partial charge in [-0.25, -0.2) is 4.98 Å². The summed E-state index contributed by atoms with van der Waals surface area (Å²) < 4.78 is 12.1. The van der Waals surface area contributed by atoms with Gasteiger partial charge in [0.2, 0.25) is 0 Å². The molecule has 0 aliphatic carbocycles. The van der Waals surface area contributed by atoms with E-state index in [2.05, 4.69) is 4.98 Å². The second-order valence-corrected chi connectivity index (χ2v) is 7.02. The summed E-state index contributed by atoms with van der Waals surface area (Å²) in [5.41, 5.74) is 2.38. The highest BCUT2D eigenvalue weighted by atomic mass is 32.1. The van der Waals surface area contributed by atoms with Gasteiger partial charge in [0, 0.05) is 0 Å². The Kier molecular flexibility index (Phi) is 6.08. The first-order valence-corrected chi connectivity index (χ1v) is 9.51. The monoisotopic (exact) mass is 383 g/mol. The first kappa shape index (κ1) is 18.9. The van der Waals surface area contributed by atoms with Crippen LogP contribution in [0.3, 0.4) is 0 Å². The number of para-hydroxylation sites is 1. The van der Waals surface area contributed by atoms with Crippen LogP contribution in [-0.4, -0.2) is 29.8 Å². The van der Waals surface area contributed by atoms with E-state index in [9.17, 15) is 9.90 Å². The lowest BCUT2D eigenvalue weighted by atomic mass is 10.1. The molecule has 3 rings (SSSR count). The third kappa shape index (κ3) is 4.65. The molecule has 0 spiro atoms. The molecule has 3 aromatic rings. The predicted molar refractivity (Wildman–Crippen MR) is 109 cm³/mol. The number of aromatic nitrogens is 1. The molecular weight excluding hydrogens is 362 g/mol. The lowest BCUT2D eigenvalue weighted by Crippen LogP contribution is -1.99. The molecule has 0 aliphatic heterocycles. The molecule has 0 aliphatic rings. The average Bonchev–Trinajstić information content (AvgIpc) is 3.10. The van der Waals surface area contributed by atoms with Crippen LogP contribution in [0.25, 0.3) is 21.9 Å². The molecule has 2 aromatic carbocycles. The van der Waals surface area contributed by atoms with Crippen molar-refractivity contribution in [2.24, 2.45) is 0 Å². The van der Waals surface area contributed by atoms with Gasteiger partial charge in [-0.05, 0) is 47.9 Å². The van der Waals surface area contributed by atoms with Crippen molar-refractivity contribution < 1.29 is 19.4 Å². The summed E-state index contributed by atoms with van der Waals surface area (Å²) in [5.74, 6) is 0.406. The topological polar surface area (TPSA) is 68.7 Å². The van der Waals surface area contributed by atoms with Crippen LogP contribution in [0.4, 0.5) is 0 Å². The standard InChI is InChI=1S/C21H21NO4S/c1-3-10-26-18-12-14(8-9-17(18)25-2)11-15(13-20(23)24)21-22-16-6-4-5-7-19(16)27-21/h4-9,11-12H,3,10,13H2,1-2H3,(H,23,24)/b15-11+. The largest absolute Gasteiger partial charge is 0.493 e.